The van der Waals surface area contributed by atoms with Crippen LogP contribution >= 0.6 is 0 Å². The van der Waals surface area contributed by atoms with Crippen LogP contribution in [0.25, 0.3) is 0 Å². The molecule has 1 aliphatic rings. The first-order valence-electron chi connectivity index (χ1n) is 7.18. The number of likely N-dealkylation sites (tertiary alicyclic amines) is 1. The predicted octanol–water partition coefficient (Wildman–Crippen LogP) is 2.92. The summed E-state index contributed by atoms with van der Waals surface area (Å²) in [6, 6.07) is -0.103. The normalized spacial score (nSPS) is 18.9. The molecule has 0 aromatic carbocycles. The molecule has 0 radical (unpaired) electrons. The maximum atomic E-state index is 12.4. The highest BCUT2D eigenvalue weighted by atomic mass is 19.4. The summed E-state index contributed by atoms with van der Waals surface area (Å²) in [5.41, 5.74) is -1.61. The fourth-order valence-corrected chi connectivity index (χ4v) is 2.13. The number of nitrogens with zero attached hydrogens (tertiary/aromatic N) is 3. The number of alkyl halides is 3. The molecule has 1 unspecified atom stereocenters. The third kappa shape index (κ3) is 4.97. The summed E-state index contributed by atoms with van der Waals surface area (Å²) >= 11 is 0. The van der Waals surface area contributed by atoms with Gasteiger partial charge in [0.15, 0.2) is 5.69 Å². The van der Waals surface area contributed by atoms with Gasteiger partial charge < -0.3 is 15.0 Å². The van der Waals surface area contributed by atoms with Gasteiger partial charge >= 0.3 is 12.3 Å². The molecule has 23 heavy (non-hydrogen) atoms. The van der Waals surface area contributed by atoms with Crippen LogP contribution in [0.1, 0.15) is 32.9 Å². The Balaban J connectivity index is 1.89. The van der Waals surface area contributed by atoms with Crippen molar-refractivity contribution in [1.82, 2.24) is 14.9 Å². The van der Waals surface area contributed by atoms with Crippen LogP contribution in [0.15, 0.2) is 12.4 Å². The highest BCUT2D eigenvalue weighted by Crippen LogP contribution is 2.27. The Bertz CT molecular complexity index is 555. The van der Waals surface area contributed by atoms with Crippen LogP contribution < -0.4 is 5.32 Å². The maximum Gasteiger partial charge on any atom is 0.434 e. The van der Waals surface area contributed by atoms with E-state index in [0.717, 1.165) is 6.20 Å². The zero-order valence-corrected chi connectivity index (χ0v) is 13.1. The Labute approximate surface area is 132 Å². The van der Waals surface area contributed by atoms with Gasteiger partial charge in [-0.15, -0.1) is 0 Å². The van der Waals surface area contributed by atoms with Crippen LogP contribution in [0, 0.1) is 0 Å². The molecule has 1 fully saturated rings. The summed E-state index contributed by atoms with van der Waals surface area (Å²) < 4.78 is 42.5. The lowest BCUT2D eigenvalue weighted by Gasteiger charge is -2.24. The van der Waals surface area contributed by atoms with Gasteiger partial charge in [-0.25, -0.2) is 14.8 Å². The first kappa shape index (κ1) is 17.3. The van der Waals surface area contributed by atoms with E-state index in [2.05, 4.69) is 15.3 Å². The Morgan fingerprint density at radius 1 is 1.30 bits per heavy atom. The van der Waals surface area contributed by atoms with Gasteiger partial charge in [-0.3, -0.25) is 0 Å². The second-order valence-electron chi connectivity index (χ2n) is 6.34. The summed E-state index contributed by atoms with van der Waals surface area (Å²) in [5, 5.41) is 2.98. The predicted molar refractivity (Wildman–Crippen MR) is 76.9 cm³/mol. The molecule has 2 rings (SSSR count). The van der Waals surface area contributed by atoms with E-state index >= 15 is 0 Å². The van der Waals surface area contributed by atoms with E-state index in [1.807, 2.05) is 0 Å². The molecule has 0 bridgehead atoms. The van der Waals surface area contributed by atoms with Crippen molar-refractivity contribution in [3.63, 3.8) is 0 Å². The van der Waals surface area contributed by atoms with E-state index in [0.29, 0.717) is 25.7 Å². The minimum atomic E-state index is -4.51. The second-order valence-corrected chi connectivity index (χ2v) is 6.34. The molecule has 0 saturated carbocycles. The molecule has 1 amide bonds. The maximum absolute atomic E-state index is 12.4. The van der Waals surface area contributed by atoms with Crippen molar-refractivity contribution in [3.8, 4) is 0 Å². The summed E-state index contributed by atoms with van der Waals surface area (Å²) in [7, 11) is 0. The molecule has 1 saturated heterocycles. The lowest BCUT2D eigenvalue weighted by atomic mass is 10.2. The van der Waals surface area contributed by atoms with Crippen LogP contribution in [0.3, 0.4) is 0 Å². The average Bonchev–Trinajstić information content (AvgIpc) is 2.85. The average molecular weight is 332 g/mol. The molecule has 1 aromatic rings. The van der Waals surface area contributed by atoms with Crippen LogP contribution in [0.4, 0.5) is 23.8 Å². The quantitative estimate of drug-likeness (QED) is 0.902. The first-order valence-corrected chi connectivity index (χ1v) is 7.18. The summed E-state index contributed by atoms with van der Waals surface area (Å²) in [6.45, 7) is 6.27. The molecule has 128 valence electrons. The van der Waals surface area contributed by atoms with Crippen molar-refractivity contribution < 1.29 is 22.7 Å². The Morgan fingerprint density at radius 2 is 2.00 bits per heavy atom. The Kier molecular flexibility index (Phi) is 4.67. The topological polar surface area (TPSA) is 67.3 Å². The molecule has 1 N–H and O–H groups in total. The molecule has 0 spiro atoms. The van der Waals surface area contributed by atoms with E-state index in [1.165, 1.54) is 0 Å². The number of amides is 1. The SMILES string of the molecule is CC(C)(C)OC(=O)N1CCC(Nc2cnc(C(F)(F)F)cn2)C1. The van der Waals surface area contributed by atoms with Gasteiger partial charge in [0.1, 0.15) is 11.4 Å². The van der Waals surface area contributed by atoms with Gasteiger partial charge in [0.25, 0.3) is 0 Å². The van der Waals surface area contributed by atoms with Crippen molar-refractivity contribution in [1.29, 1.82) is 0 Å². The molecular formula is C14H19F3N4O2. The summed E-state index contributed by atoms with van der Waals surface area (Å²) in [6.07, 6.45) is -2.53. The molecule has 1 atom stereocenters. The smallest absolute Gasteiger partial charge is 0.434 e. The number of ether oxygens (including phenoxy) is 1. The second kappa shape index (κ2) is 6.21. The number of carbonyl (C=O) groups excluding carboxylic acids is 1. The van der Waals surface area contributed by atoms with Crippen molar-refractivity contribution in [2.75, 3.05) is 18.4 Å². The van der Waals surface area contributed by atoms with Crippen LogP contribution in [-0.4, -0.2) is 45.7 Å². The molecule has 0 aliphatic carbocycles. The van der Waals surface area contributed by atoms with E-state index in [1.54, 1.807) is 25.7 Å². The van der Waals surface area contributed by atoms with Gasteiger partial charge in [0.2, 0.25) is 0 Å². The molecule has 1 aliphatic heterocycles. The van der Waals surface area contributed by atoms with Crippen LogP contribution in [0.2, 0.25) is 0 Å². The Hall–Kier alpha value is -2.06. The van der Waals surface area contributed by atoms with E-state index < -0.39 is 23.6 Å². The number of rotatable bonds is 2. The molecule has 1 aromatic heterocycles. The largest absolute Gasteiger partial charge is 0.444 e. The molecule has 2 heterocycles. The highest BCUT2D eigenvalue weighted by molar-refractivity contribution is 5.68. The Morgan fingerprint density at radius 3 is 2.52 bits per heavy atom. The van der Waals surface area contributed by atoms with Crippen molar-refractivity contribution in [2.45, 2.75) is 45.0 Å². The van der Waals surface area contributed by atoms with Gasteiger partial charge in [-0.2, -0.15) is 13.2 Å². The standard InChI is InChI=1S/C14H19F3N4O2/c1-13(2,3)23-12(22)21-5-4-9(8-21)20-11-7-18-10(6-19-11)14(15,16)17/h6-7,9H,4-5,8H2,1-3H3,(H,19,20). The number of hydrogen-bond acceptors (Lipinski definition) is 5. The lowest BCUT2D eigenvalue weighted by Crippen LogP contribution is -2.36. The van der Waals surface area contributed by atoms with Gasteiger partial charge in [-0.1, -0.05) is 0 Å². The molecule has 6 nitrogen and oxygen atoms in total. The fraction of sp³-hybridized carbons (Fsp3) is 0.643. The summed E-state index contributed by atoms with van der Waals surface area (Å²) in [4.78, 5) is 20.5. The number of nitrogens with one attached hydrogen (secondary N) is 1. The number of carbonyl (C=O) groups is 1. The molecular weight excluding hydrogens is 313 g/mol. The van der Waals surface area contributed by atoms with Crippen molar-refractivity contribution in [3.05, 3.63) is 18.1 Å². The monoisotopic (exact) mass is 332 g/mol. The van der Waals surface area contributed by atoms with Crippen molar-refractivity contribution >= 4 is 11.9 Å². The number of anilines is 1. The van der Waals surface area contributed by atoms with Gasteiger partial charge in [-0.05, 0) is 27.2 Å². The van der Waals surface area contributed by atoms with E-state index in [-0.39, 0.29) is 11.9 Å². The zero-order valence-electron chi connectivity index (χ0n) is 13.1. The van der Waals surface area contributed by atoms with Crippen LogP contribution in [0.5, 0.6) is 0 Å². The number of halogens is 3. The zero-order chi connectivity index (χ0) is 17.3. The molecule has 9 heteroatoms. The number of aromatic nitrogens is 2. The minimum absolute atomic E-state index is 0.103. The highest BCUT2D eigenvalue weighted by Gasteiger charge is 2.33. The first-order chi connectivity index (χ1) is 10.5. The van der Waals surface area contributed by atoms with E-state index in [9.17, 15) is 18.0 Å². The van der Waals surface area contributed by atoms with Gasteiger partial charge in [0.05, 0.1) is 12.4 Å². The summed E-state index contributed by atoms with van der Waals surface area (Å²) in [5.74, 6) is 0.244. The fourth-order valence-electron chi connectivity index (χ4n) is 2.13. The third-order valence-electron chi connectivity index (χ3n) is 3.13. The van der Waals surface area contributed by atoms with E-state index in [4.69, 9.17) is 4.74 Å². The third-order valence-corrected chi connectivity index (χ3v) is 3.13. The van der Waals surface area contributed by atoms with Crippen LogP contribution in [-0.2, 0) is 10.9 Å². The van der Waals surface area contributed by atoms with Gasteiger partial charge in [0, 0.05) is 19.1 Å². The number of hydrogen-bond donors (Lipinski definition) is 1. The minimum Gasteiger partial charge on any atom is -0.444 e. The lowest BCUT2D eigenvalue weighted by molar-refractivity contribution is -0.141. The van der Waals surface area contributed by atoms with Crippen molar-refractivity contribution in [2.24, 2.45) is 0 Å².